The van der Waals surface area contributed by atoms with E-state index < -0.39 is 0 Å². The molecule has 0 radical (unpaired) electrons. The minimum absolute atomic E-state index is 0.0521. The lowest BCUT2D eigenvalue weighted by atomic mass is 10.1. The van der Waals surface area contributed by atoms with Crippen LogP contribution in [-0.2, 0) is 11.2 Å². The number of aryl methyl sites for hydroxylation is 1. The number of amides is 1. The molecule has 4 nitrogen and oxygen atoms in total. The van der Waals surface area contributed by atoms with Gasteiger partial charge in [0.25, 0.3) is 0 Å². The highest BCUT2D eigenvalue weighted by atomic mass is 35.5. The lowest BCUT2D eigenvalue weighted by molar-refractivity contribution is -0.133. The number of pyridine rings is 1. The van der Waals surface area contributed by atoms with E-state index in [2.05, 4.69) is 4.98 Å². The molecule has 1 aromatic heterocycles. The van der Waals surface area contributed by atoms with Crippen molar-refractivity contribution in [2.24, 2.45) is 0 Å². The summed E-state index contributed by atoms with van der Waals surface area (Å²) in [6.45, 7) is 1.46. The quantitative estimate of drug-likeness (QED) is 0.829. The summed E-state index contributed by atoms with van der Waals surface area (Å²) in [4.78, 5) is 18.4. The van der Waals surface area contributed by atoms with Crippen LogP contribution in [0.15, 0.2) is 48.8 Å². The maximum Gasteiger partial charge on any atom is 0.223 e. The second-order valence-corrected chi connectivity index (χ2v) is 6.47. The van der Waals surface area contributed by atoms with Crippen molar-refractivity contribution in [2.45, 2.75) is 31.8 Å². The molecule has 1 aliphatic rings. The van der Waals surface area contributed by atoms with E-state index in [0.29, 0.717) is 24.4 Å². The van der Waals surface area contributed by atoms with Crippen molar-refractivity contribution in [1.82, 2.24) is 9.88 Å². The highest BCUT2D eigenvalue weighted by molar-refractivity contribution is 6.30. The SMILES string of the molecule is O=C(CCc1cccc(Cl)c1)N1CCCC(Oc2ccncc2)C1. The first-order valence-electron chi connectivity index (χ1n) is 8.29. The summed E-state index contributed by atoms with van der Waals surface area (Å²) in [6, 6.07) is 11.4. The number of aromatic nitrogens is 1. The first-order chi connectivity index (χ1) is 11.7. The fourth-order valence-corrected chi connectivity index (χ4v) is 3.18. The van der Waals surface area contributed by atoms with Gasteiger partial charge in [-0.2, -0.15) is 0 Å². The van der Waals surface area contributed by atoms with Crippen LogP contribution in [0.1, 0.15) is 24.8 Å². The number of hydrogen-bond donors (Lipinski definition) is 0. The van der Waals surface area contributed by atoms with Crippen LogP contribution in [0, 0.1) is 0 Å². The number of hydrogen-bond acceptors (Lipinski definition) is 3. The zero-order valence-electron chi connectivity index (χ0n) is 13.5. The van der Waals surface area contributed by atoms with E-state index in [1.807, 2.05) is 41.3 Å². The van der Waals surface area contributed by atoms with Gasteiger partial charge in [-0.05, 0) is 49.1 Å². The van der Waals surface area contributed by atoms with E-state index >= 15 is 0 Å². The fourth-order valence-electron chi connectivity index (χ4n) is 2.97. The third-order valence-corrected chi connectivity index (χ3v) is 4.44. The maximum atomic E-state index is 12.5. The Bertz CT molecular complexity index is 678. The Balaban J connectivity index is 1.51. The van der Waals surface area contributed by atoms with E-state index in [4.69, 9.17) is 16.3 Å². The third-order valence-electron chi connectivity index (χ3n) is 4.20. The van der Waals surface area contributed by atoms with Gasteiger partial charge in [-0.1, -0.05) is 23.7 Å². The number of halogens is 1. The molecule has 24 heavy (non-hydrogen) atoms. The summed E-state index contributed by atoms with van der Waals surface area (Å²) in [5.41, 5.74) is 1.09. The Morgan fingerprint density at radius 3 is 2.92 bits per heavy atom. The molecular weight excluding hydrogens is 324 g/mol. The van der Waals surface area contributed by atoms with Crippen LogP contribution < -0.4 is 4.74 Å². The van der Waals surface area contributed by atoms with E-state index in [9.17, 15) is 4.79 Å². The number of carbonyl (C=O) groups is 1. The number of piperidine rings is 1. The zero-order chi connectivity index (χ0) is 16.8. The molecule has 1 fully saturated rings. The van der Waals surface area contributed by atoms with Gasteiger partial charge >= 0.3 is 0 Å². The molecule has 1 atom stereocenters. The Kier molecular flexibility index (Phi) is 5.70. The van der Waals surface area contributed by atoms with Gasteiger partial charge in [-0.3, -0.25) is 9.78 Å². The normalized spacial score (nSPS) is 17.5. The van der Waals surface area contributed by atoms with E-state index in [1.165, 1.54) is 0 Å². The van der Waals surface area contributed by atoms with Crippen LogP contribution in [0.5, 0.6) is 5.75 Å². The van der Waals surface area contributed by atoms with Gasteiger partial charge in [0, 0.05) is 30.4 Å². The van der Waals surface area contributed by atoms with E-state index in [0.717, 1.165) is 30.7 Å². The zero-order valence-corrected chi connectivity index (χ0v) is 14.3. The van der Waals surface area contributed by atoms with Crippen molar-refractivity contribution in [2.75, 3.05) is 13.1 Å². The topological polar surface area (TPSA) is 42.4 Å². The second-order valence-electron chi connectivity index (χ2n) is 6.03. The fraction of sp³-hybridized carbons (Fsp3) is 0.368. The summed E-state index contributed by atoms with van der Waals surface area (Å²) < 4.78 is 5.96. The minimum Gasteiger partial charge on any atom is -0.488 e. The molecule has 2 heterocycles. The summed E-state index contributed by atoms with van der Waals surface area (Å²) in [5.74, 6) is 0.987. The molecule has 0 aliphatic carbocycles. The van der Waals surface area contributed by atoms with Crippen molar-refractivity contribution in [1.29, 1.82) is 0 Å². The molecule has 5 heteroatoms. The number of nitrogens with zero attached hydrogens (tertiary/aromatic N) is 2. The van der Waals surface area contributed by atoms with Crippen molar-refractivity contribution in [3.05, 3.63) is 59.4 Å². The van der Waals surface area contributed by atoms with Crippen molar-refractivity contribution in [3.8, 4) is 5.75 Å². The molecule has 126 valence electrons. The summed E-state index contributed by atoms with van der Waals surface area (Å²) >= 11 is 5.99. The van der Waals surface area contributed by atoms with Crippen LogP contribution in [0.4, 0.5) is 0 Å². The molecule has 0 saturated carbocycles. The Morgan fingerprint density at radius 1 is 1.29 bits per heavy atom. The molecule has 1 aromatic carbocycles. The van der Waals surface area contributed by atoms with Gasteiger partial charge < -0.3 is 9.64 Å². The number of rotatable bonds is 5. The van der Waals surface area contributed by atoms with Crippen LogP contribution in [0.2, 0.25) is 5.02 Å². The van der Waals surface area contributed by atoms with Gasteiger partial charge in [0.2, 0.25) is 5.91 Å². The van der Waals surface area contributed by atoms with Gasteiger partial charge in [-0.15, -0.1) is 0 Å². The smallest absolute Gasteiger partial charge is 0.223 e. The molecule has 1 amide bonds. The summed E-state index contributed by atoms with van der Waals surface area (Å²) in [7, 11) is 0. The molecule has 0 spiro atoms. The van der Waals surface area contributed by atoms with E-state index in [1.54, 1.807) is 12.4 Å². The van der Waals surface area contributed by atoms with Crippen molar-refractivity contribution in [3.63, 3.8) is 0 Å². The predicted molar refractivity (Wildman–Crippen MR) is 94.2 cm³/mol. The van der Waals surface area contributed by atoms with Gasteiger partial charge in [-0.25, -0.2) is 0 Å². The predicted octanol–water partition coefficient (Wildman–Crippen LogP) is 3.74. The number of ether oxygens (including phenoxy) is 1. The van der Waals surface area contributed by atoms with Crippen molar-refractivity contribution >= 4 is 17.5 Å². The highest BCUT2D eigenvalue weighted by Gasteiger charge is 2.24. The molecule has 0 N–H and O–H groups in total. The molecule has 1 unspecified atom stereocenters. The highest BCUT2D eigenvalue weighted by Crippen LogP contribution is 2.19. The maximum absolute atomic E-state index is 12.5. The molecule has 0 bridgehead atoms. The van der Waals surface area contributed by atoms with Crippen LogP contribution >= 0.6 is 11.6 Å². The van der Waals surface area contributed by atoms with Crippen LogP contribution in [-0.4, -0.2) is 35.0 Å². The number of benzene rings is 1. The Morgan fingerprint density at radius 2 is 2.12 bits per heavy atom. The van der Waals surface area contributed by atoms with Gasteiger partial charge in [0.15, 0.2) is 0 Å². The summed E-state index contributed by atoms with van der Waals surface area (Å²) in [6.07, 6.45) is 6.64. The standard InChI is InChI=1S/C19H21ClN2O2/c20-16-4-1-3-15(13-16)6-7-19(23)22-12-2-5-18(14-22)24-17-8-10-21-11-9-17/h1,3-4,8-11,13,18H,2,5-7,12,14H2. The number of carbonyl (C=O) groups excluding carboxylic acids is 1. The molecule has 1 aliphatic heterocycles. The first-order valence-corrected chi connectivity index (χ1v) is 8.67. The first kappa shape index (κ1) is 16.8. The lowest BCUT2D eigenvalue weighted by Gasteiger charge is -2.33. The van der Waals surface area contributed by atoms with E-state index in [-0.39, 0.29) is 12.0 Å². The van der Waals surface area contributed by atoms with Crippen LogP contribution in [0.3, 0.4) is 0 Å². The van der Waals surface area contributed by atoms with Crippen molar-refractivity contribution < 1.29 is 9.53 Å². The molecule has 3 rings (SSSR count). The van der Waals surface area contributed by atoms with Crippen LogP contribution in [0.25, 0.3) is 0 Å². The minimum atomic E-state index is 0.0521. The Labute approximate surface area is 147 Å². The average molecular weight is 345 g/mol. The Hall–Kier alpha value is -2.07. The van der Waals surface area contributed by atoms with Gasteiger partial charge in [0.1, 0.15) is 11.9 Å². The largest absolute Gasteiger partial charge is 0.488 e. The molecule has 2 aromatic rings. The third kappa shape index (κ3) is 4.71. The van der Waals surface area contributed by atoms with Gasteiger partial charge in [0.05, 0.1) is 6.54 Å². The second kappa shape index (κ2) is 8.15. The monoisotopic (exact) mass is 344 g/mol. The molecule has 1 saturated heterocycles. The lowest BCUT2D eigenvalue weighted by Crippen LogP contribution is -2.44. The summed E-state index contributed by atoms with van der Waals surface area (Å²) in [5, 5.41) is 0.712. The average Bonchev–Trinajstić information content (AvgIpc) is 2.61. The number of likely N-dealkylation sites (tertiary alicyclic amines) is 1. The molecular formula is C19H21ClN2O2.